The Morgan fingerprint density at radius 2 is 1.90 bits per heavy atom. The predicted octanol–water partition coefficient (Wildman–Crippen LogP) is 0.485. The normalized spacial score (nSPS) is 28.0. The first kappa shape index (κ1) is 20.9. The van der Waals surface area contributed by atoms with Gasteiger partial charge in [-0.05, 0) is 6.42 Å². The van der Waals surface area contributed by atoms with Crippen LogP contribution in [0.4, 0.5) is 4.79 Å². The second-order valence-electron chi connectivity index (χ2n) is 7.41. The van der Waals surface area contributed by atoms with Crippen LogP contribution < -0.4 is 0 Å². The van der Waals surface area contributed by atoms with Crippen LogP contribution in [0.2, 0.25) is 0 Å². The highest BCUT2D eigenvalue weighted by Gasteiger charge is 2.56. The van der Waals surface area contributed by atoms with Crippen molar-refractivity contribution in [3.05, 3.63) is 11.3 Å². The van der Waals surface area contributed by atoms with Crippen molar-refractivity contribution in [2.24, 2.45) is 0 Å². The summed E-state index contributed by atoms with van der Waals surface area (Å²) in [6, 6.07) is -1.29. The number of fused-ring (bicyclic) bond motifs is 3. The minimum absolute atomic E-state index is 0.0575. The summed E-state index contributed by atoms with van der Waals surface area (Å²) in [7, 11) is 1.23. The summed E-state index contributed by atoms with van der Waals surface area (Å²) < 4.78 is 26.4. The molecule has 0 N–H and O–H groups in total. The van der Waals surface area contributed by atoms with Gasteiger partial charge in [0.05, 0.1) is 25.7 Å². The van der Waals surface area contributed by atoms with Gasteiger partial charge in [0.15, 0.2) is 6.10 Å². The SMILES string of the molecule is COC(=O)N1[C@@H]2C[C@@H]([C@@H](COC(C)=O)OC(C)=O)N1CC1=C2C(=O)OC(C)(C)O1. The zero-order chi connectivity index (χ0) is 21.5. The molecule has 4 atom stereocenters. The summed E-state index contributed by atoms with van der Waals surface area (Å²) >= 11 is 0. The van der Waals surface area contributed by atoms with Crippen molar-refractivity contribution in [3.8, 4) is 0 Å². The van der Waals surface area contributed by atoms with E-state index in [1.54, 1.807) is 18.9 Å². The number of carbonyl (C=O) groups is 4. The third kappa shape index (κ3) is 4.00. The smallest absolute Gasteiger partial charge is 0.424 e. The van der Waals surface area contributed by atoms with Crippen molar-refractivity contribution >= 4 is 24.0 Å². The maximum Gasteiger partial charge on any atom is 0.424 e. The predicted molar refractivity (Wildman–Crippen MR) is 93.6 cm³/mol. The van der Waals surface area contributed by atoms with E-state index in [4.69, 9.17) is 23.7 Å². The van der Waals surface area contributed by atoms with Gasteiger partial charge in [0.1, 0.15) is 17.9 Å². The Hall–Kier alpha value is -2.82. The maximum absolute atomic E-state index is 12.6. The molecule has 0 aromatic rings. The molecule has 0 aliphatic carbocycles. The lowest BCUT2D eigenvalue weighted by atomic mass is 9.98. The number of hydrazine groups is 1. The Balaban J connectivity index is 1.96. The van der Waals surface area contributed by atoms with Gasteiger partial charge in [-0.2, -0.15) is 0 Å². The molecule has 160 valence electrons. The van der Waals surface area contributed by atoms with E-state index in [9.17, 15) is 19.2 Å². The average molecular weight is 412 g/mol. The molecule has 3 aliphatic rings. The molecule has 3 aliphatic heterocycles. The molecule has 0 radical (unpaired) electrons. The van der Waals surface area contributed by atoms with E-state index in [0.717, 1.165) is 0 Å². The van der Waals surface area contributed by atoms with Crippen LogP contribution >= 0.6 is 0 Å². The first-order valence-corrected chi connectivity index (χ1v) is 9.13. The zero-order valence-electron chi connectivity index (χ0n) is 16.9. The lowest BCUT2D eigenvalue weighted by Gasteiger charge is -2.43. The fourth-order valence-corrected chi connectivity index (χ4v) is 3.88. The molecule has 0 aromatic carbocycles. The summed E-state index contributed by atoms with van der Waals surface area (Å²) in [6.45, 7) is 5.56. The minimum Gasteiger partial charge on any atom is -0.462 e. The molecule has 0 saturated carbocycles. The molecule has 1 fully saturated rings. The van der Waals surface area contributed by atoms with Crippen molar-refractivity contribution < 1.29 is 42.9 Å². The number of amides is 1. The molecule has 2 bridgehead atoms. The van der Waals surface area contributed by atoms with Crippen molar-refractivity contribution in [1.29, 1.82) is 0 Å². The summed E-state index contributed by atoms with van der Waals surface area (Å²) in [6.07, 6.45) is -1.32. The molecule has 1 amide bonds. The molecule has 3 heterocycles. The van der Waals surface area contributed by atoms with Gasteiger partial charge in [-0.25, -0.2) is 19.6 Å². The molecule has 29 heavy (non-hydrogen) atoms. The van der Waals surface area contributed by atoms with Crippen molar-refractivity contribution in [2.45, 2.75) is 58.1 Å². The number of esters is 3. The fourth-order valence-electron chi connectivity index (χ4n) is 3.88. The van der Waals surface area contributed by atoms with Gasteiger partial charge in [0, 0.05) is 27.7 Å². The Bertz CT molecular complexity index is 775. The number of methoxy groups -OCH3 is 1. The molecule has 1 saturated heterocycles. The van der Waals surface area contributed by atoms with Crippen LogP contribution in [0.15, 0.2) is 11.3 Å². The first-order valence-electron chi connectivity index (χ1n) is 9.13. The van der Waals surface area contributed by atoms with E-state index in [2.05, 4.69) is 0 Å². The molecule has 11 heteroatoms. The topological polar surface area (TPSA) is 121 Å². The number of ether oxygens (including phenoxy) is 5. The van der Waals surface area contributed by atoms with Crippen LogP contribution in [0.3, 0.4) is 0 Å². The van der Waals surface area contributed by atoms with Crippen LogP contribution in [0, 0.1) is 0 Å². The molecule has 3 rings (SSSR count). The van der Waals surface area contributed by atoms with E-state index < -0.39 is 48.0 Å². The van der Waals surface area contributed by atoms with E-state index in [1.807, 2.05) is 0 Å². The van der Waals surface area contributed by atoms with Gasteiger partial charge in [0.2, 0.25) is 5.79 Å². The van der Waals surface area contributed by atoms with E-state index in [-0.39, 0.29) is 25.1 Å². The largest absolute Gasteiger partial charge is 0.462 e. The Morgan fingerprint density at radius 3 is 2.48 bits per heavy atom. The highest BCUT2D eigenvalue weighted by Crippen LogP contribution is 2.42. The lowest BCUT2D eigenvalue weighted by Crippen LogP contribution is -2.57. The van der Waals surface area contributed by atoms with Crippen LogP contribution in [-0.2, 0) is 38.1 Å². The van der Waals surface area contributed by atoms with Gasteiger partial charge in [-0.3, -0.25) is 9.59 Å². The van der Waals surface area contributed by atoms with Gasteiger partial charge in [-0.1, -0.05) is 0 Å². The second-order valence-corrected chi connectivity index (χ2v) is 7.41. The number of hydrogen-bond donors (Lipinski definition) is 0. The molecule has 0 spiro atoms. The highest BCUT2D eigenvalue weighted by atomic mass is 16.7. The fraction of sp³-hybridized carbons (Fsp3) is 0.667. The standard InChI is InChI=1S/C18H24N2O9/c1-9(21)26-8-14(27-10(2)22)11-6-12-15-13(28-18(3,4)29-16(15)23)7-19(11)20(12)17(24)25-5/h11-12,14H,6-8H2,1-5H3/t11-,12+,14+/m0/s1. The van der Waals surface area contributed by atoms with E-state index in [1.165, 1.54) is 26.0 Å². The zero-order valence-corrected chi connectivity index (χ0v) is 16.9. The molecule has 1 unspecified atom stereocenters. The van der Waals surface area contributed by atoms with Crippen LogP contribution in [0.1, 0.15) is 34.1 Å². The number of hydrogen-bond acceptors (Lipinski definition) is 10. The summed E-state index contributed by atoms with van der Waals surface area (Å²) in [5.41, 5.74) is 0.225. The lowest BCUT2D eigenvalue weighted by molar-refractivity contribution is -0.215. The van der Waals surface area contributed by atoms with Crippen molar-refractivity contribution in [2.75, 3.05) is 20.3 Å². The average Bonchev–Trinajstić information content (AvgIpc) is 2.86. The van der Waals surface area contributed by atoms with Gasteiger partial charge in [0.25, 0.3) is 0 Å². The van der Waals surface area contributed by atoms with Gasteiger partial charge in [-0.15, -0.1) is 0 Å². The minimum atomic E-state index is -1.15. The van der Waals surface area contributed by atoms with Crippen molar-refractivity contribution in [3.63, 3.8) is 0 Å². The van der Waals surface area contributed by atoms with Gasteiger partial charge >= 0.3 is 24.0 Å². The molecule has 0 aromatic heterocycles. The molecule has 11 nitrogen and oxygen atoms in total. The summed E-state index contributed by atoms with van der Waals surface area (Å²) in [4.78, 5) is 48.0. The van der Waals surface area contributed by atoms with Crippen molar-refractivity contribution in [1.82, 2.24) is 10.0 Å². The van der Waals surface area contributed by atoms with Gasteiger partial charge < -0.3 is 23.7 Å². The van der Waals surface area contributed by atoms with Crippen LogP contribution in [-0.4, -0.2) is 78.3 Å². The quantitative estimate of drug-likeness (QED) is 0.476. The first-order chi connectivity index (χ1) is 13.5. The highest BCUT2D eigenvalue weighted by molar-refractivity contribution is 5.92. The monoisotopic (exact) mass is 412 g/mol. The Kier molecular flexibility index (Phi) is 5.44. The Labute approximate surface area is 167 Å². The summed E-state index contributed by atoms with van der Waals surface area (Å²) in [5, 5.41) is 2.90. The number of carbonyl (C=O) groups excluding carboxylic acids is 4. The number of nitrogens with zero attached hydrogens (tertiary/aromatic N) is 2. The third-order valence-electron chi connectivity index (χ3n) is 4.85. The Morgan fingerprint density at radius 1 is 1.21 bits per heavy atom. The second kappa shape index (κ2) is 7.54. The van der Waals surface area contributed by atoms with Crippen LogP contribution in [0.25, 0.3) is 0 Å². The third-order valence-corrected chi connectivity index (χ3v) is 4.85. The molecular weight excluding hydrogens is 388 g/mol. The van der Waals surface area contributed by atoms with E-state index in [0.29, 0.717) is 5.76 Å². The molecular formula is C18H24N2O9. The van der Waals surface area contributed by atoms with E-state index >= 15 is 0 Å². The summed E-state index contributed by atoms with van der Waals surface area (Å²) in [5.74, 6) is -2.45. The number of cyclic esters (lactones) is 1. The van der Waals surface area contributed by atoms with Crippen LogP contribution in [0.5, 0.6) is 0 Å². The maximum atomic E-state index is 12.6. The number of rotatable bonds is 4.